The van der Waals surface area contributed by atoms with Crippen LogP contribution in [-0.2, 0) is 4.79 Å². The molecule has 0 aliphatic carbocycles. The molecule has 2 aliphatic heterocycles. The fourth-order valence-corrected chi connectivity index (χ4v) is 2.30. The second-order valence-corrected chi connectivity index (χ2v) is 4.31. The molecule has 0 saturated carbocycles. The first kappa shape index (κ1) is 8.05. The molecule has 1 spiro atoms. The SMILES string of the molecule is CN1CCC2(CC1)CN(C=O)C2. The van der Waals surface area contributed by atoms with Gasteiger partial charge < -0.3 is 9.80 Å². The lowest BCUT2D eigenvalue weighted by atomic mass is 9.72. The van der Waals surface area contributed by atoms with E-state index in [1.54, 1.807) is 0 Å². The van der Waals surface area contributed by atoms with Gasteiger partial charge in [0.2, 0.25) is 6.41 Å². The van der Waals surface area contributed by atoms with Crippen LogP contribution in [-0.4, -0.2) is 49.4 Å². The lowest BCUT2D eigenvalue weighted by Crippen LogP contribution is -2.59. The summed E-state index contributed by atoms with van der Waals surface area (Å²) in [7, 11) is 2.17. The Labute approximate surface area is 73.3 Å². The minimum atomic E-state index is 0.507. The smallest absolute Gasteiger partial charge is 0.209 e. The number of carbonyl (C=O) groups is 1. The first-order valence-electron chi connectivity index (χ1n) is 4.62. The van der Waals surface area contributed by atoms with Crippen LogP contribution in [0.25, 0.3) is 0 Å². The highest BCUT2D eigenvalue weighted by Crippen LogP contribution is 2.39. The van der Waals surface area contributed by atoms with E-state index in [4.69, 9.17) is 0 Å². The summed E-state index contributed by atoms with van der Waals surface area (Å²) in [6.45, 7) is 4.41. The number of rotatable bonds is 1. The average molecular weight is 168 g/mol. The number of likely N-dealkylation sites (tertiary alicyclic amines) is 2. The molecular weight excluding hydrogens is 152 g/mol. The molecule has 0 atom stereocenters. The van der Waals surface area contributed by atoms with Crippen molar-refractivity contribution in [1.82, 2.24) is 9.80 Å². The molecule has 0 aromatic rings. The summed E-state index contributed by atoms with van der Waals surface area (Å²) in [4.78, 5) is 14.6. The summed E-state index contributed by atoms with van der Waals surface area (Å²) in [6.07, 6.45) is 3.52. The highest BCUT2D eigenvalue weighted by Gasteiger charge is 2.43. The maximum absolute atomic E-state index is 10.4. The maximum atomic E-state index is 10.4. The maximum Gasteiger partial charge on any atom is 0.209 e. The van der Waals surface area contributed by atoms with Gasteiger partial charge in [0.05, 0.1) is 0 Å². The van der Waals surface area contributed by atoms with Crippen LogP contribution in [0, 0.1) is 5.41 Å². The van der Waals surface area contributed by atoms with Crippen LogP contribution in [0.3, 0.4) is 0 Å². The van der Waals surface area contributed by atoms with Gasteiger partial charge in [-0.05, 0) is 33.0 Å². The second kappa shape index (κ2) is 2.73. The molecule has 2 heterocycles. The second-order valence-electron chi connectivity index (χ2n) is 4.31. The van der Waals surface area contributed by atoms with Gasteiger partial charge in [0, 0.05) is 18.5 Å². The van der Waals surface area contributed by atoms with Gasteiger partial charge in [-0.2, -0.15) is 0 Å². The fraction of sp³-hybridized carbons (Fsp3) is 0.889. The highest BCUT2D eigenvalue weighted by atomic mass is 16.1. The number of hydrogen-bond donors (Lipinski definition) is 0. The molecule has 3 nitrogen and oxygen atoms in total. The van der Waals surface area contributed by atoms with Crippen molar-refractivity contribution in [3.05, 3.63) is 0 Å². The minimum Gasteiger partial charge on any atom is -0.344 e. The van der Waals surface area contributed by atoms with E-state index in [9.17, 15) is 4.79 Å². The lowest BCUT2D eigenvalue weighted by molar-refractivity contribution is -0.132. The summed E-state index contributed by atoms with van der Waals surface area (Å²) < 4.78 is 0. The Balaban J connectivity index is 1.86. The van der Waals surface area contributed by atoms with E-state index in [-0.39, 0.29) is 0 Å². The van der Waals surface area contributed by atoms with E-state index in [0.717, 1.165) is 19.5 Å². The Morgan fingerprint density at radius 1 is 1.25 bits per heavy atom. The molecular formula is C9H16N2O. The van der Waals surface area contributed by atoms with E-state index in [0.29, 0.717) is 5.41 Å². The van der Waals surface area contributed by atoms with Crippen LogP contribution in [0.4, 0.5) is 0 Å². The van der Waals surface area contributed by atoms with Crippen molar-refractivity contribution in [2.24, 2.45) is 5.41 Å². The quantitative estimate of drug-likeness (QED) is 0.521. The molecule has 2 saturated heterocycles. The van der Waals surface area contributed by atoms with Crippen LogP contribution in [0.1, 0.15) is 12.8 Å². The predicted octanol–water partition coefficient (Wildman–Crippen LogP) is 0.170. The zero-order valence-corrected chi connectivity index (χ0v) is 7.62. The van der Waals surface area contributed by atoms with Gasteiger partial charge in [-0.1, -0.05) is 0 Å². The van der Waals surface area contributed by atoms with Gasteiger partial charge in [0.1, 0.15) is 0 Å². The summed E-state index contributed by atoms with van der Waals surface area (Å²) in [6, 6.07) is 0. The monoisotopic (exact) mass is 168 g/mol. The number of hydrogen-bond acceptors (Lipinski definition) is 2. The van der Waals surface area contributed by atoms with Crippen molar-refractivity contribution in [3.8, 4) is 0 Å². The number of amides is 1. The molecule has 0 N–H and O–H groups in total. The molecule has 2 aliphatic rings. The van der Waals surface area contributed by atoms with Gasteiger partial charge in [-0.3, -0.25) is 4.79 Å². The van der Waals surface area contributed by atoms with E-state index in [1.165, 1.54) is 25.9 Å². The summed E-state index contributed by atoms with van der Waals surface area (Å²) in [5.74, 6) is 0. The molecule has 3 heteroatoms. The van der Waals surface area contributed by atoms with Crippen LogP contribution in [0.5, 0.6) is 0 Å². The van der Waals surface area contributed by atoms with Crippen molar-refractivity contribution in [1.29, 1.82) is 0 Å². The van der Waals surface area contributed by atoms with Crippen molar-refractivity contribution < 1.29 is 4.79 Å². The third-order valence-corrected chi connectivity index (χ3v) is 3.27. The van der Waals surface area contributed by atoms with Gasteiger partial charge in [0.15, 0.2) is 0 Å². The molecule has 0 unspecified atom stereocenters. The zero-order valence-electron chi connectivity index (χ0n) is 7.62. The van der Waals surface area contributed by atoms with Crippen molar-refractivity contribution in [2.45, 2.75) is 12.8 Å². The third-order valence-electron chi connectivity index (χ3n) is 3.27. The van der Waals surface area contributed by atoms with Crippen molar-refractivity contribution >= 4 is 6.41 Å². The molecule has 0 aromatic carbocycles. The molecule has 68 valence electrons. The largest absolute Gasteiger partial charge is 0.344 e. The molecule has 12 heavy (non-hydrogen) atoms. The Morgan fingerprint density at radius 2 is 1.83 bits per heavy atom. The minimum absolute atomic E-state index is 0.507. The normalized spacial score (nSPS) is 28.6. The lowest BCUT2D eigenvalue weighted by Gasteiger charge is -2.52. The predicted molar refractivity (Wildman–Crippen MR) is 46.8 cm³/mol. The van der Waals surface area contributed by atoms with Gasteiger partial charge >= 0.3 is 0 Å². The first-order valence-corrected chi connectivity index (χ1v) is 4.62. The average Bonchev–Trinajstić information content (AvgIpc) is 2.02. The molecule has 2 fully saturated rings. The van der Waals surface area contributed by atoms with Crippen molar-refractivity contribution in [2.75, 3.05) is 33.2 Å². The van der Waals surface area contributed by atoms with Crippen LogP contribution in [0.2, 0.25) is 0 Å². The number of carbonyl (C=O) groups excluding carboxylic acids is 1. The zero-order chi connectivity index (χ0) is 8.60. The Kier molecular flexibility index (Phi) is 1.83. The Morgan fingerprint density at radius 3 is 2.33 bits per heavy atom. The molecule has 2 rings (SSSR count). The van der Waals surface area contributed by atoms with E-state index in [1.807, 2.05) is 4.90 Å². The number of nitrogens with zero attached hydrogens (tertiary/aromatic N) is 2. The van der Waals surface area contributed by atoms with E-state index < -0.39 is 0 Å². The summed E-state index contributed by atoms with van der Waals surface area (Å²) >= 11 is 0. The van der Waals surface area contributed by atoms with Crippen LogP contribution in [0.15, 0.2) is 0 Å². The Hall–Kier alpha value is -0.570. The van der Waals surface area contributed by atoms with Gasteiger partial charge in [0.25, 0.3) is 0 Å². The summed E-state index contributed by atoms with van der Waals surface area (Å²) in [5.41, 5.74) is 0.507. The molecule has 0 radical (unpaired) electrons. The van der Waals surface area contributed by atoms with E-state index >= 15 is 0 Å². The molecule has 0 aromatic heterocycles. The van der Waals surface area contributed by atoms with Gasteiger partial charge in [-0.15, -0.1) is 0 Å². The molecule has 1 amide bonds. The van der Waals surface area contributed by atoms with E-state index in [2.05, 4.69) is 11.9 Å². The molecule has 0 bridgehead atoms. The summed E-state index contributed by atoms with van der Waals surface area (Å²) in [5, 5.41) is 0. The van der Waals surface area contributed by atoms with Crippen LogP contribution < -0.4 is 0 Å². The van der Waals surface area contributed by atoms with Crippen LogP contribution >= 0.6 is 0 Å². The Bertz CT molecular complexity index is 177. The van der Waals surface area contributed by atoms with Crippen molar-refractivity contribution in [3.63, 3.8) is 0 Å². The van der Waals surface area contributed by atoms with Gasteiger partial charge in [-0.25, -0.2) is 0 Å². The topological polar surface area (TPSA) is 23.6 Å². The fourth-order valence-electron chi connectivity index (χ4n) is 2.30. The number of piperidine rings is 1. The third kappa shape index (κ3) is 1.22. The standard InChI is InChI=1S/C9H16N2O/c1-10-4-2-9(3-5-10)6-11(7-9)8-12/h8H,2-7H2,1H3. The first-order chi connectivity index (χ1) is 5.74. The highest BCUT2D eigenvalue weighted by molar-refractivity contribution is 5.49.